The van der Waals surface area contributed by atoms with Crippen LogP contribution in [0.3, 0.4) is 0 Å². The Morgan fingerprint density at radius 1 is 1.17 bits per heavy atom. The summed E-state index contributed by atoms with van der Waals surface area (Å²) in [5, 5.41) is 0.552. The van der Waals surface area contributed by atoms with E-state index in [1.54, 1.807) is 23.2 Å². The van der Waals surface area contributed by atoms with Crippen molar-refractivity contribution >= 4 is 23.3 Å². The van der Waals surface area contributed by atoms with Crippen LogP contribution in [0.25, 0.3) is 11.1 Å². The topological polar surface area (TPSA) is 46.1 Å². The maximum absolute atomic E-state index is 12.2. The smallest absolute Gasteiger partial charge is 0.225 e. The van der Waals surface area contributed by atoms with Crippen LogP contribution in [0.1, 0.15) is 16.1 Å². The van der Waals surface area contributed by atoms with Crippen LogP contribution in [0, 0.1) is 0 Å². The molecule has 5 heteroatoms. The lowest BCUT2D eigenvalue weighted by atomic mass is 10.1. The lowest BCUT2D eigenvalue weighted by Gasteiger charge is -2.10. The molecule has 0 saturated carbocycles. The first-order valence-electron chi connectivity index (χ1n) is 5.47. The van der Waals surface area contributed by atoms with E-state index in [1.807, 2.05) is 20.2 Å². The van der Waals surface area contributed by atoms with Gasteiger partial charge in [0.15, 0.2) is 0 Å². The van der Waals surface area contributed by atoms with Crippen molar-refractivity contribution in [3.05, 3.63) is 40.7 Å². The number of ketones is 1. The van der Waals surface area contributed by atoms with Crippen LogP contribution < -0.4 is 4.90 Å². The first kappa shape index (κ1) is 11.2. The molecule has 0 amide bonds. The number of rotatable bonds is 1. The molecule has 0 atom stereocenters. The van der Waals surface area contributed by atoms with Crippen LogP contribution >= 0.6 is 11.6 Å². The van der Waals surface area contributed by atoms with E-state index in [0.717, 1.165) is 11.1 Å². The highest BCUT2D eigenvalue weighted by atomic mass is 35.5. The molecule has 1 aromatic heterocycles. The SMILES string of the molecule is CN(C)c1ncc2c(n1)C(=O)c1cc(Cl)ccc1-2. The molecule has 0 N–H and O–H groups in total. The Hall–Kier alpha value is -1.94. The van der Waals surface area contributed by atoms with E-state index in [0.29, 0.717) is 22.2 Å². The normalized spacial score (nSPS) is 12.3. The number of fused-ring (bicyclic) bond motifs is 3. The predicted octanol–water partition coefficient (Wildman–Crippen LogP) is 2.41. The zero-order chi connectivity index (χ0) is 12.9. The van der Waals surface area contributed by atoms with Crippen LogP contribution in [-0.2, 0) is 0 Å². The highest BCUT2D eigenvalue weighted by Gasteiger charge is 2.29. The van der Waals surface area contributed by atoms with Crippen LogP contribution in [-0.4, -0.2) is 29.8 Å². The van der Waals surface area contributed by atoms with Gasteiger partial charge in [0, 0.05) is 36.4 Å². The van der Waals surface area contributed by atoms with Gasteiger partial charge in [-0.05, 0) is 17.7 Å². The Bertz CT molecular complexity index is 667. The predicted molar refractivity (Wildman–Crippen MR) is 70.2 cm³/mol. The Morgan fingerprint density at radius 2 is 1.94 bits per heavy atom. The molecule has 0 fully saturated rings. The summed E-state index contributed by atoms with van der Waals surface area (Å²) < 4.78 is 0. The molecule has 0 saturated heterocycles. The third-order valence-corrected chi connectivity index (χ3v) is 3.14. The number of hydrogen-bond acceptors (Lipinski definition) is 4. The second kappa shape index (κ2) is 3.78. The first-order chi connectivity index (χ1) is 8.58. The second-order valence-electron chi connectivity index (χ2n) is 4.35. The quantitative estimate of drug-likeness (QED) is 0.673. The highest BCUT2D eigenvalue weighted by molar-refractivity contribution is 6.32. The zero-order valence-electron chi connectivity index (χ0n) is 9.94. The highest BCUT2D eigenvalue weighted by Crippen LogP contribution is 2.36. The van der Waals surface area contributed by atoms with Crippen molar-refractivity contribution in [3.8, 4) is 11.1 Å². The lowest BCUT2D eigenvalue weighted by molar-refractivity contribution is 0.103. The maximum atomic E-state index is 12.2. The van der Waals surface area contributed by atoms with Crippen molar-refractivity contribution in [1.29, 1.82) is 0 Å². The van der Waals surface area contributed by atoms with E-state index in [4.69, 9.17) is 11.6 Å². The number of carbonyl (C=O) groups is 1. The molecule has 3 rings (SSSR count). The lowest BCUT2D eigenvalue weighted by Crippen LogP contribution is -2.14. The molecule has 0 radical (unpaired) electrons. The molecule has 0 unspecified atom stereocenters. The molecule has 18 heavy (non-hydrogen) atoms. The molecule has 0 aliphatic heterocycles. The van der Waals surface area contributed by atoms with E-state index in [9.17, 15) is 4.79 Å². The van der Waals surface area contributed by atoms with Crippen molar-refractivity contribution in [3.63, 3.8) is 0 Å². The minimum atomic E-state index is -0.0898. The van der Waals surface area contributed by atoms with E-state index >= 15 is 0 Å². The van der Waals surface area contributed by atoms with Gasteiger partial charge in [-0.25, -0.2) is 9.97 Å². The summed E-state index contributed by atoms with van der Waals surface area (Å²) in [6.45, 7) is 0. The van der Waals surface area contributed by atoms with Crippen LogP contribution in [0.2, 0.25) is 5.02 Å². The van der Waals surface area contributed by atoms with Gasteiger partial charge < -0.3 is 4.90 Å². The van der Waals surface area contributed by atoms with E-state index in [1.165, 1.54) is 0 Å². The molecule has 2 aromatic rings. The van der Waals surface area contributed by atoms with Gasteiger partial charge in [0.05, 0.1) is 0 Å². The van der Waals surface area contributed by atoms with E-state index in [-0.39, 0.29) is 5.78 Å². The maximum Gasteiger partial charge on any atom is 0.225 e. The summed E-state index contributed by atoms with van der Waals surface area (Å²) in [5.41, 5.74) is 2.68. The zero-order valence-corrected chi connectivity index (χ0v) is 10.7. The fourth-order valence-corrected chi connectivity index (χ4v) is 2.20. The molecule has 1 aromatic carbocycles. The third kappa shape index (κ3) is 1.49. The molecular formula is C13H10ClN3O. The van der Waals surface area contributed by atoms with Gasteiger partial charge in [-0.1, -0.05) is 17.7 Å². The number of aromatic nitrogens is 2. The minimum Gasteiger partial charge on any atom is -0.347 e. The van der Waals surface area contributed by atoms with Gasteiger partial charge in [0.1, 0.15) is 5.69 Å². The fourth-order valence-electron chi connectivity index (χ4n) is 2.02. The minimum absolute atomic E-state index is 0.0898. The standard InChI is InChI=1S/C13H10ClN3O/c1-17(2)13-15-6-10-8-4-3-7(14)5-9(8)12(18)11(10)16-13/h3-6H,1-2H3. The number of halogens is 1. The van der Waals surface area contributed by atoms with Gasteiger partial charge in [-0.3, -0.25) is 4.79 Å². The van der Waals surface area contributed by atoms with E-state index < -0.39 is 0 Å². The average molecular weight is 260 g/mol. The molecule has 1 heterocycles. The van der Waals surface area contributed by atoms with Crippen molar-refractivity contribution in [1.82, 2.24) is 9.97 Å². The number of carbonyl (C=O) groups excluding carboxylic acids is 1. The summed E-state index contributed by atoms with van der Waals surface area (Å²) in [6.07, 6.45) is 1.69. The van der Waals surface area contributed by atoms with Crippen molar-refractivity contribution in [2.24, 2.45) is 0 Å². The van der Waals surface area contributed by atoms with Gasteiger partial charge >= 0.3 is 0 Å². The molecule has 1 aliphatic rings. The van der Waals surface area contributed by atoms with Crippen LogP contribution in [0.4, 0.5) is 5.95 Å². The van der Waals surface area contributed by atoms with Crippen molar-refractivity contribution in [2.45, 2.75) is 0 Å². The summed E-state index contributed by atoms with van der Waals surface area (Å²) >= 11 is 5.92. The fraction of sp³-hybridized carbons (Fsp3) is 0.154. The number of nitrogens with zero attached hydrogens (tertiary/aromatic N) is 3. The van der Waals surface area contributed by atoms with Gasteiger partial charge in [0.2, 0.25) is 11.7 Å². The second-order valence-corrected chi connectivity index (χ2v) is 4.78. The van der Waals surface area contributed by atoms with Gasteiger partial charge in [0.25, 0.3) is 0 Å². The third-order valence-electron chi connectivity index (χ3n) is 2.91. The summed E-state index contributed by atoms with van der Waals surface area (Å²) in [4.78, 5) is 22.6. The Balaban J connectivity index is 2.23. The molecule has 0 spiro atoms. The molecule has 1 aliphatic carbocycles. The van der Waals surface area contributed by atoms with Crippen molar-refractivity contribution in [2.75, 3.05) is 19.0 Å². The number of anilines is 1. The van der Waals surface area contributed by atoms with E-state index in [2.05, 4.69) is 9.97 Å². The largest absolute Gasteiger partial charge is 0.347 e. The van der Waals surface area contributed by atoms with Gasteiger partial charge in [-0.2, -0.15) is 0 Å². The molecule has 90 valence electrons. The summed E-state index contributed by atoms with van der Waals surface area (Å²) in [5.74, 6) is 0.439. The average Bonchev–Trinajstić information content (AvgIpc) is 2.62. The van der Waals surface area contributed by atoms with Gasteiger partial charge in [-0.15, -0.1) is 0 Å². The number of hydrogen-bond donors (Lipinski definition) is 0. The Labute approximate surface area is 109 Å². The van der Waals surface area contributed by atoms with Crippen LogP contribution in [0.5, 0.6) is 0 Å². The summed E-state index contributed by atoms with van der Waals surface area (Å²) in [7, 11) is 3.68. The van der Waals surface area contributed by atoms with Crippen LogP contribution in [0.15, 0.2) is 24.4 Å². The van der Waals surface area contributed by atoms with Crippen molar-refractivity contribution < 1.29 is 4.79 Å². The summed E-state index contributed by atoms with van der Waals surface area (Å²) in [6, 6.07) is 5.28. The Kier molecular flexibility index (Phi) is 2.35. The molecular weight excluding hydrogens is 250 g/mol. The Morgan fingerprint density at radius 3 is 2.67 bits per heavy atom. The molecule has 4 nitrogen and oxygen atoms in total. The monoisotopic (exact) mass is 259 g/mol. The molecule has 0 bridgehead atoms. The first-order valence-corrected chi connectivity index (χ1v) is 5.84. The number of benzene rings is 1.